The molecule has 0 aromatic heterocycles. The van der Waals surface area contributed by atoms with Gasteiger partial charge in [-0.3, -0.25) is 0 Å². The number of hydrogen-bond donors (Lipinski definition) is 0. The van der Waals surface area contributed by atoms with Crippen molar-refractivity contribution in [2.24, 2.45) is 5.92 Å². The predicted octanol–water partition coefficient (Wildman–Crippen LogP) is 2.56. The zero-order valence-corrected chi connectivity index (χ0v) is 6.35. The Balaban J connectivity index is 1.94. The van der Waals surface area contributed by atoms with Gasteiger partial charge in [0.2, 0.25) is 0 Å². The molecule has 1 nitrogen and oxygen atoms in total. The van der Waals surface area contributed by atoms with Crippen molar-refractivity contribution in [3.8, 4) is 0 Å². The molecule has 0 bridgehead atoms. The van der Waals surface area contributed by atoms with Crippen LogP contribution in [0, 0.1) is 5.92 Å². The molecule has 0 aromatic rings. The van der Waals surface area contributed by atoms with Crippen LogP contribution in [0.1, 0.15) is 32.1 Å². The Kier molecular flexibility index (Phi) is 1.63. The second-order valence-electron chi connectivity index (χ2n) is 3.47. The summed E-state index contributed by atoms with van der Waals surface area (Å²) in [6.45, 7) is 0. The maximum Gasteiger partial charge on any atom is 0.271 e. The molecule has 64 valence electrons. The number of rotatable bonds is 1. The normalized spacial score (nSPS) is 45.8. The summed E-state index contributed by atoms with van der Waals surface area (Å²) >= 11 is 0. The van der Waals surface area contributed by atoms with E-state index in [0.717, 1.165) is 32.1 Å². The van der Waals surface area contributed by atoms with E-state index in [1.165, 1.54) is 0 Å². The van der Waals surface area contributed by atoms with Gasteiger partial charge in [0, 0.05) is 5.92 Å². The van der Waals surface area contributed by atoms with Gasteiger partial charge in [-0.25, -0.2) is 8.78 Å². The highest BCUT2D eigenvalue weighted by Gasteiger charge is 2.64. The molecule has 1 aliphatic carbocycles. The van der Waals surface area contributed by atoms with Crippen molar-refractivity contribution >= 4 is 0 Å². The van der Waals surface area contributed by atoms with E-state index in [1.807, 2.05) is 0 Å². The van der Waals surface area contributed by atoms with Crippen molar-refractivity contribution in [1.82, 2.24) is 0 Å². The largest absolute Gasteiger partial charge is 0.301 e. The average molecular weight is 162 g/mol. The second kappa shape index (κ2) is 2.41. The smallest absolute Gasteiger partial charge is 0.271 e. The van der Waals surface area contributed by atoms with E-state index in [-0.39, 0.29) is 5.92 Å². The van der Waals surface area contributed by atoms with Crippen LogP contribution in [0.4, 0.5) is 8.78 Å². The first-order valence-electron chi connectivity index (χ1n) is 4.24. The van der Waals surface area contributed by atoms with Gasteiger partial charge in [0.15, 0.2) is 0 Å². The fourth-order valence-electron chi connectivity index (χ4n) is 1.90. The van der Waals surface area contributed by atoms with Crippen LogP contribution in [0.3, 0.4) is 0 Å². The number of ether oxygens (including phenoxy) is 1. The number of halogens is 2. The van der Waals surface area contributed by atoms with Crippen LogP contribution in [0.15, 0.2) is 0 Å². The summed E-state index contributed by atoms with van der Waals surface area (Å²) in [5, 5.41) is 0. The quantitative estimate of drug-likeness (QED) is 0.540. The number of alkyl halides is 2. The van der Waals surface area contributed by atoms with E-state index in [4.69, 9.17) is 0 Å². The summed E-state index contributed by atoms with van der Waals surface area (Å²) in [4.78, 5) is 0. The van der Waals surface area contributed by atoms with Gasteiger partial charge in [-0.2, -0.15) is 0 Å². The molecule has 0 aromatic carbocycles. The molecular weight excluding hydrogens is 150 g/mol. The van der Waals surface area contributed by atoms with Crippen molar-refractivity contribution in [2.45, 2.75) is 44.3 Å². The van der Waals surface area contributed by atoms with Crippen LogP contribution >= 0.6 is 0 Å². The average Bonchev–Trinajstić information content (AvgIpc) is 2.64. The van der Waals surface area contributed by atoms with Gasteiger partial charge in [0.25, 0.3) is 12.2 Å². The standard InChI is InChI=1S/C8H12F2O/c9-7-8(10,11-7)6-4-2-1-3-5-6/h6-7H,1-5H2. The SMILES string of the molecule is FC1OC1(F)C1CCCCC1. The number of hydrogen-bond acceptors (Lipinski definition) is 1. The Labute approximate surface area is 64.7 Å². The van der Waals surface area contributed by atoms with Crippen LogP contribution < -0.4 is 0 Å². The summed E-state index contributed by atoms with van der Waals surface area (Å²) in [6, 6.07) is 0. The lowest BCUT2D eigenvalue weighted by atomic mass is 9.86. The van der Waals surface area contributed by atoms with Crippen molar-refractivity contribution in [3.05, 3.63) is 0 Å². The highest BCUT2D eigenvalue weighted by molar-refractivity contribution is 4.93. The van der Waals surface area contributed by atoms with E-state index in [2.05, 4.69) is 4.74 Å². The molecule has 1 aliphatic heterocycles. The Bertz CT molecular complexity index is 156. The third-order valence-corrected chi connectivity index (χ3v) is 2.70. The van der Waals surface area contributed by atoms with Crippen LogP contribution in [0.5, 0.6) is 0 Å². The topological polar surface area (TPSA) is 12.5 Å². The van der Waals surface area contributed by atoms with Crippen molar-refractivity contribution in [3.63, 3.8) is 0 Å². The second-order valence-corrected chi connectivity index (χ2v) is 3.47. The van der Waals surface area contributed by atoms with E-state index in [1.54, 1.807) is 0 Å². The Hall–Kier alpha value is -0.180. The van der Waals surface area contributed by atoms with Gasteiger partial charge < -0.3 is 4.74 Å². The molecule has 2 atom stereocenters. The summed E-state index contributed by atoms with van der Waals surface area (Å²) in [6.07, 6.45) is 3.14. The van der Waals surface area contributed by atoms with E-state index in [9.17, 15) is 8.78 Å². The predicted molar refractivity (Wildman–Crippen MR) is 36.4 cm³/mol. The Morgan fingerprint density at radius 1 is 1.18 bits per heavy atom. The molecule has 1 saturated heterocycles. The van der Waals surface area contributed by atoms with Gasteiger partial charge in [-0.1, -0.05) is 19.3 Å². The maximum atomic E-state index is 13.2. The molecule has 3 heteroatoms. The third kappa shape index (κ3) is 1.15. The Morgan fingerprint density at radius 3 is 2.18 bits per heavy atom. The summed E-state index contributed by atoms with van der Waals surface area (Å²) < 4.78 is 29.8. The van der Waals surface area contributed by atoms with Gasteiger partial charge in [0.05, 0.1) is 0 Å². The van der Waals surface area contributed by atoms with Gasteiger partial charge >= 0.3 is 0 Å². The molecule has 2 aliphatic rings. The zero-order chi connectivity index (χ0) is 7.90. The summed E-state index contributed by atoms with van der Waals surface area (Å²) in [5.74, 6) is -2.06. The molecule has 2 rings (SSSR count). The van der Waals surface area contributed by atoms with Gasteiger partial charge in [-0.15, -0.1) is 0 Å². The van der Waals surface area contributed by atoms with Crippen LogP contribution in [-0.4, -0.2) is 12.2 Å². The molecule has 2 fully saturated rings. The fourth-order valence-corrected chi connectivity index (χ4v) is 1.90. The molecule has 11 heavy (non-hydrogen) atoms. The molecule has 0 N–H and O–H groups in total. The van der Waals surface area contributed by atoms with Crippen LogP contribution in [0.2, 0.25) is 0 Å². The zero-order valence-electron chi connectivity index (χ0n) is 6.35. The lowest BCUT2D eigenvalue weighted by molar-refractivity contribution is 0.0505. The molecule has 0 radical (unpaired) electrons. The maximum absolute atomic E-state index is 13.2. The third-order valence-electron chi connectivity index (χ3n) is 2.70. The molecular formula is C8H12F2O. The lowest BCUT2D eigenvalue weighted by Gasteiger charge is -2.21. The van der Waals surface area contributed by atoms with Crippen molar-refractivity contribution < 1.29 is 13.5 Å². The van der Waals surface area contributed by atoms with E-state index in [0.29, 0.717) is 0 Å². The first-order valence-corrected chi connectivity index (χ1v) is 4.24. The fraction of sp³-hybridized carbons (Fsp3) is 1.00. The summed E-state index contributed by atoms with van der Waals surface area (Å²) in [7, 11) is 0. The highest BCUT2D eigenvalue weighted by Crippen LogP contribution is 2.50. The van der Waals surface area contributed by atoms with Crippen LogP contribution in [0.25, 0.3) is 0 Å². The molecule has 0 amide bonds. The molecule has 0 spiro atoms. The minimum absolute atomic E-state index is 0.175. The minimum atomic E-state index is -1.89. The minimum Gasteiger partial charge on any atom is -0.301 e. The Morgan fingerprint density at radius 2 is 1.73 bits per heavy atom. The first-order chi connectivity index (χ1) is 5.23. The first kappa shape index (κ1) is 7.47. The van der Waals surface area contributed by atoms with E-state index >= 15 is 0 Å². The van der Waals surface area contributed by atoms with Gasteiger partial charge in [-0.05, 0) is 12.8 Å². The number of epoxide rings is 1. The molecule has 1 saturated carbocycles. The van der Waals surface area contributed by atoms with Crippen molar-refractivity contribution in [2.75, 3.05) is 0 Å². The van der Waals surface area contributed by atoms with Crippen molar-refractivity contribution in [1.29, 1.82) is 0 Å². The van der Waals surface area contributed by atoms with E-state index < -0.39 is 12.2 Å². The molecule has 2 unspecified atom stereocenters. The van der Waals surface area contributed by atoms with Crippen LogP contribution in [-0.2, 0) is 4.74 Å². The van der Waals surface area contributed by atoms with Gasteiger partial charge in [0.1, 0.15) is 0 Å². The summed E-state index contributed by atoms with van der Waals surface area (Å²) in [5.41, 5.74) is 0. The lowest BCUT2D eigenvalue weighted by Crippen LogP contribution is -2.23. The highest BCUT2D eigenvalue weighted by atomic mass is 19.2. The molecule has 1 heterocycles. The monoisotopic (exact) mass is 162 g/mol.